The first-order valence-electron chi connectivity index (χ1n) is 5.60. The van der Waals surface area contributed by atoms with Gasteiger partial charge < -0.3 is 15.0 Å². The van der Waals surface area contributed by atoms with Crippen molar-refractivity contribution in [2.45, 2.75) is 6.10 Å². The maximum absolute atomic E-state index is 12.3. The lowest BCUT2D eigenvalue weighted by atomic mass is 10.2. The molecule has 100 valence electrons. The number of amides is 1. The Bertz CT molecular complexity index is 433. The number of morpholine rings is 1. The van der Waals surface area contributed by atoms with Crippen LogP contribution in [0.3, 0.4) is 0 Å². The number of carbonyl (C=O) groups excluding carboxylic acids is 1. The van der Waals surface area contributed by atoms with E-state index in [-0.39, 0.29) is 12.0 Å². The van der Waals surface area contributed by atoms with Gasteiger partial charge in [0.15, 0.2) is 0 Å². The van der Waals surface area contributed by atoms with Gasteiger partial charge in [0.25, 0.3) is 5.91 Å². The second-order valence-electron chi connectivity index (χ2n) is 4.12. The quantitative estimate of drug-likeness (QED) is 0.850. The molecule has 1 fully saturated rings. The van der Waals surface area contributed by atoms with E-state index in [9.17, 15) is 4.79 Å². The lowest BCUT2D eigenvalue weighted by molar-refractivity contribution is 0.0104. The van der Waals surface area contributed by atoms with Crippen LogP contribution in [0.4, 0.5) is 0 Å². The number of thiophene rings is 1. The Morgan fingerprint density at radius 1 is 1.67 bits per heavy atom. The minimum absolute atomic E-state index is 0.0120. The highest BCUT2D eigenvalue weighted by Gasteiger charge is 2.22. The fraction of sp³-hybridized carbons (Fsp3) is 0.545. The molecule has 7 heteroatoms. The first kappa shape index (κ1) is 14.5. The molecule has 1 aromatic rings. The van der Waals surface area contributed by atoms with Crippen LogP contribution in [0, 0.1) is 0 Å². The second-order valence-corrected chi connectivity index (χ2v) is 7.87. The van der Waals surface area contributed by atoms with E-state index in [1.54, 1.807) is 11.9 Å². The molecule has 0 aliphatic carbocycles. The summed E-state index contributed by atoms with van der Waals surface area (Å²) in [6.07, 6.45) is 0.0774. The molecule has 2 heterocycles. The molecule has 1 amide bonds. The summed E-state index contributed by atoms with van der Waals surface area (Å²) in [5, 5.41) is 3.26. The molecule has 1 N–H and O–H groups in total. The van der Waals surface area contributed by atoms with Crippen LogP contribution in [0.15, 0.2) is 13.6 Å². The molecule has 1 aliphatic rings. The van der Waals surface area contributed by atoms with Crippen LogP contribution in [-0.4, -0.2) is 50.2 Å². The number of hydrogen-bond acceptors (Lipinski definition) is 4. The van der Waals surface area contributed by atoms with Crippen LogP contribution in [0.25, 0.3) is 0 Å². The number of nitrogens with one attached hydrogen (secondary N) is 1. The minimum Gasteiger partial charge on any atom is -0.374 e. The van der Waals surface area contributed by atoms with Crippen LogP contribution in [0.5, 0.6) is 0 Å². The van der Waals surface area contributed by atoms with E-state index < -0.39 is 0 Å². The van der Waals surface area contributed by atoms with Crippen molar-refractivity contribution in [2.24, 2.45) is 0 Å². The Hall–Kier alpha value is 0.0500. The standard InChI is InChI=1S/C11H14Br2N2O2S/c1-15(6-7-5-14-2-3-17-7)11(16)8-4-9(12)18-10(8)13/h4,7,14H,2-3,5-6H2,1H3. The number of nitrogens with zero attached hydrogens (tertiary/aromatic N) is 1. The molecular weight excluding hydrogens is 384 g/mol. The van der Waals surface area contributed by atoms with Gasteiger partial charge in [-0.3, -0.25) is 4.79 Å². The van der Waals surface area contributed by atoms with Crippen molar-refractivity contribution in [1.29, 1.82) is 0 Å². The topological polar surface area (TPSA) is 41.6 Å². The number of halogens is 2. The minimum atomic E-state index is 0.0120. The lowest BCUT2D eigenvalue weighted by Crippen LogP contribution is -2.45. The third-order valence-electron chi connectivity index (χ3n) is 2.72. The van der Waals surface area contributed by atoms with Crippen molar-refractivity contribution in [2.75, 3.05) is 33.3 Å². The van der Waals surface area contributed by atoms with Crippen molar-refractivity contribution >= 4 is 49.1 Å². The monoisotopic (exact) mass is 396 g/mol. The molecule has 1 saturated heterocycles. The highest BCUT2D eigenvalue weighted by atomic mass is 79.9. The first-order chi connectivity index (χ1) is 8.58. The van der Waals surface area contributed by atoms with Gasteiger partial charge in [0.1, 0.15) is 0 Å². The summed E-state index contributed by atoms with van der Waals surface area (Å²) < 4.78 is 7.40. The molecule has 1 aliphatic heterocycles. The summed E-state index contributed by atoms with van der Waals surface area (Å²) in [4.78, 5) is 14.0. The Labute approximate surface area is 127 Å². The molecule has 0 radical (unpaired) electrons. The molecule has 18 heavy (non-hydrogen) atoms. The first-order valence-corrected chi connectivity index (χ1v) is 8.01. The maximum Gasteiger partial charge on any atom is 0.255 e. The van der Waals surface area contributed by atoms with Gasteiger partial charge in [-0.25, -0.2) is 0 Å². The largest absolute Gasteiger partial charge is 0.374 e. The Balaban J connectivity index is 1.97. The van der Waals surface area contributed by atoms with Crippen LogP contribution < -0.4 is 5.32 Å². The molecular formula is C11H14Br2N2O2S. The Kier molecular flexibility index (Phi) is 5.20. The summed E-state index contributed by atoms with van der Waals surface area (Å²) in [6.45, 7) is 3.00. The maximum atomic E-state index is 12.3. The average molecular weight is 398 g/mol. The third kappa shape index (κ3) is 3.54. The van der Waals surface area contributed by atoms with Crippen LogP contribution in [-0.2, 0) is 4.74 Å². The molecule has 0 bridgehead atoms. The highest BCUT2D eigenvalue weighted by Crippen LogP contribution is 2.32. The van der Waals surface area contributed by atoms with E-state index in [0.29, 0.717) is 18.7 Å². The van der Waals surface area contributed by atoms with E-state index in [2.05, 4.69) is 37.2 Å². The number of ether oxygens (including phenoxy) is 1. The van der Waals surface area contributed by atoms with Gasteiger partial charge in [0.05, 0.1) is 25.8 Å². The SMILES string of the molecule is CN(CC1CNCCO1)C(=O)c1cc(Br)sc1Br. The van der Waals surface area contributed by atoms with Gasteiger partial charge in [-0.1, -0.05) is 0 Å². The molecule has 1 unspecified atom stereocenters. The zero-order valence-electron chi connectivity index (χ0n) is 9.91. The fourth-order valence-corrected chi connectivity index (χ4v) is 4.59. The molecule has 0 saturated carbocycles. The summed E-state index contributed by atoms with van der Waals surface area (Å²) in [6, 6.07) is 1.84. The smallest absolute Gasteiger partial charge is 0.255 e. The molecule has 1 aromatic heterocycles. The molecule has 2 rings (SSSR count). The summed E-state index contributed by atoms with van der Waals surface area (Å²) in [5.74, 6) is 0.0120. The van der Waals surface area contributed by atoms with Crippen molar-refractivity contribution in [3.63, 3.8) is 0 Å². The predicted molar refractivity (Wildman–Crippen MR) is 79.3 cm³/mol. The number of carbonyl (C=O) groups is 1. The van der Waals surface area contributed by atoms with Crippen molar-refractivity contribution < 1.29 is 9.53 Å². The van der Waals surface area contributed by atoms with Crippen LogP contribution >= 0.6 is 43.2 Å². The van der Waals surface area contributed by atoms with Gasteiger partial charge in [-0.2, -0.15) is 0 Å². The van der Waals surface area contributed by atoms with E-state index >= 15 is 0 Å². The van der Waals surface area contributed by atoms with Crippen LogP contribution in [0.2, 0.25) is 0 Å². The van der Waals surface area contributed by atoms with Gasteiger partial charge in [0, 0.05) is 26.7 Å². The van der Waals surface area contributed by atoms with Gasteiger partial charge in [0.2, 0.25) is 0 Å². The normalized spacial score (nSPS) is 19.8. The van der Waals surface area contributed by atoms with Gasteiger partial charge in [-0.05, 0) is 37.9 Å². The van der Waals surface area contributed by atoms with Crippen LogP contribution in [0.1, 0.15) is 10.4 Å². The van der Waals surface area contributed by atoms with E-state index in [1.807, 2.05) is 6.07 Å². The number of likely N-dealkylation sites (N-methyl/N-ethyl adjacent to an activating group) is 1. The van der Waals surface area contributed by atoms with Gasteiger partial charge >= 0.3 is 0 Å². The Morgan fingerprint density at radius 3 is 3.00 bits per heavy atom. The molecule has 0 spiro atoms. The van der Waals surface area contributed by atoms with E-state index in [0.717, 1.165) is 20.7 Å². The number of rotatable bonds is 3. The third-order valence-corrected chi connectivity index (χ3v) is 5.05. The van der Waals surface area contributed by atoms with Crippen molar-refractivity contribution in [3.8, 4) is 0 Å². The summed E-state index contributed by atoms with van der Waals surface area (Å²) >= 11 is 8.29. The fourth-order valence-electron chi connectivity index (χ4n) is 1.82. The van der Waals surface area contributed by atoms with E-state index in [4.69, 9.17) is 4.74 Å². The molecule has 4 nitrogen and oxygen atoms in total. The summed E-state index contributed by atoms with van der Waals surface area (Å²) in [5.41, 5.74) is 0.693. The Morgan fingerprint density at radius 2 is 2.44 bits per heavy atom. The van der Waals surface area contributed by atoms with E-state index in [1.165, 1.54) is 11.3 Å². The molecule has 1 atom stereocenters. The van der Waals surface area contributed by atoms with Crippen molar-refractivity contribution in [1.82, 2.24) is 10.2 Å². The number of hydrogen-bond donors (Lipinski definition) is 1. The van der Waals surface area contributed by atoms with Crippen molar-refractivity contribution in [3.05, 3.63) is 19.2 Å². The zero-order chi connectivity index (χ0) is 13.1. The molecule has 0 aromatic carbocycles. The van der Waals surface area contributed by atoms with Gasteiger partial charge in [-0.15, -0.1) is 11.3 Å². The average Bonchev–Trinajstić information content (AvgIpc) is 2.68. The predicted octanol–water partition coefficient (Wildman–Crippen LogP) is 2.33. The highest BCUT2D eigenvalue weighted by molar-refractivity contribution is 9.12. The second kappa shape index (κ2) is 6.47. The summed E-state index contributed by atoms with van der Waals surface area (Å²) in [7, 11) is 1.80. The zero-order valence-corrected chi connectivity index (χ0v) is 13.9. The lowest BCUT2D eigenvalue weighted by Gasteiger charge is -2.28.